The first-order chi connectivity index (χ1) is 15.2. The van der Waals surface area contributed by atoms with Crippen LogP contribution in [0.25, 0.3) is 28.0 Å². The molecule has 0 bridgehead atoms. The van der Waals surface area contributed by atoms with Crippen molar-refractivity contribution in [3.63, 3.8) is 0 Å². The number of benzene rings is 3. The lowest BCUT2D eigenvalue weighted by atomic mass is 10.1. The maximum Gasteiger partial charge on any atom is 0.171 e. The standard InChI is InChI=1S/C26H20N4S/c1-18-10-12-19(13-11-18)16-30-17-20(22-6-2-5-9-25(22)30)14-21(15-27)31-26-28-23-7-3-4-8-24(23)29-26/h2-14,17H,16H2,1H3,(H,28,29)/b21-14+. The number of nitriles is 1. The van der Waals surface area contributed by atoms with E-state index in [-0.39, 0.29) is 0 Å². The number of allylic oxidation sites excluding steroid dienone is 1. The predicted molar refractivity (Wildman–Crippen MR) is 128 cm³/mol. The third kappa shape index (κ3) is 3.98. The summed E-state index contributed by atoms with van der Waals surface area (Å²) in [5.74, 6) is 0. The van der Waals surface area contributed by atoms with Crippen molar-refractivity contribution in [1.29, 1.82) is 5.26 Å². The van der Waals surface area contributed by atoms with Gasteiger partial charge >= 0.3 is 0 Å². The van der Waals surface area contributed by atoms with Crippen molar-refractivity contribution in [1.82, 2.24) is 14.5 Å². The molecule has 0 atom stereocenters. The molecule has 0 unspecified atom stereocenters. The molecule has 0 spiro atoms. The number of aryl methyl sites for hydroxylation is 1. The van der Waals surface area contributed by atoms with Crippen LogP contribution in [0, 0.1) is 18.3 Å². The van der Waals surface area contributed by atoms with E-state index in [1.165, 1.54) is 22.9 Å². The normalized spacial score (nSPS) is 11.8. The van der Waals surface area contributed by atoms with Crippen LogP contribution in [-0.4, -0.2) is 14.5 Å². The maximum atomic E-state index is 9.78. The van der Waals surface area contributed by atoms with Gasteiger partial charge in [0.05, 0.1) is 15.9 Å². The van der Waals surface area contributed by atoms with Crippen molar-refractivity contribution in [2.45, 2.75) is 18.6 Å². The molecular formula is C26H20N4S. The molecule has 2 aromatic heterocycles. The van der Waals surface area contributed by atoms with Gasteiger partial charge in [0, 0.05) is 29.2 Å². The summed E-state index contributed by atoms with van der Waals surface area (Å²) in [5.41, 5.74) is 6.56. The Morgan fingerprint density at radius 1 is 1.06 bits per heavy atom. The minimum atomic E-state index is 0.595. The highest BCUT2D eigenvalue weighted by Crippen LogP contribution is 2.30. The Morgan fingerprint density at radius 3 is 2.65 bits per heavy atom. The van der Waals surface area contributed by atoms with Crippen LogP contribution in [0.2, 0.25) is 0 Å². The van der Waals surface area contributed by atoms with Crippen LogP contribution in [0.5, 0.6) is 0 Å². The minimum Gasteiger partial charge on any atom is -0.342 e. The van der Waals surface area contributed by atoms with E-state index in [4.69, 9.17) is 0 Å². The lowest BCUT2D eigenvalue weighted by Crippen LogP contribution is -1.97. The Hall–Kier alpha value is -3.75. The number of hydrogen-bond acceptors (Lipinski definition) is 3. The monoisotopic (exact) mass is 420 g/mol. The van der Waals surface area contributed by atoms with Gasteiger partial charge in [-0.3, -0.25) is 0 Å². The molecule has 5 rings (SSSR count). The fourth-order valence-electron chi connectivity index (χ4n) is 3.72. The van der Waals surface area contributed by atoms with Gasteiger partial charge in [-0.05, 0) is 48.5 Å². The van der Waals surface area contributed by atoms with Crippen LogP contribution in [0.1, 0.15) is 16.7 Å². The molecule has 0 amide bonds. The Bertz CT molecular complexity index is 1420. The van der Waals surface area contributed by atoms with Gasteiger partial charge in [-0.15, -0.1) is 0 Å². The summed E-state index contributed by atoms with van der Waals surface area (Å²) in [7, 11) is 0. The molecule has 0 aliphatic rings. The van der Waals surface area contributed by atoms with Gasteiger partial charge in [-0.25, -0.2) is 4.98 Å². The second-order valence-electron chi connectivity index (χ2n) is 7.50. The molecule has 150 valence electrons. The van der Waals surface area contributed by atoms with Gasteiger partial charge in [0.2, 0.25) is 0 Å². The number of H-pyrrole nitrogens is 1. The predicted octanol–water partition coefficient (Wildman–Crippen LogP) is 6.53. The molecule has 5 aromatic rings. The summed E-state index contributed by atoms with van der Waals surface area (Å²) >= 11 is 1.36. The molecule has 0 radical (unpaired) electrons. The zero-order valence-electron chi connectivity index (χ0n) is 17.0. The summed E-state index contributed by atoms with van der Waals surface area (Å²) in [5, 5.41) is 11.6. The molecular weight excluding hydrogens is 400 g/mol. The van der Waals surface area contributed by atoms with Crippen molar-refractivity contribution in [2.24, 2.45) is 0 Å². The summed E-state index contributed by atoms with van der Waals surface area (Å²) in [6.07, 6.45) is 4.08. The molecule has 4 nitrogen and oxygen atoms in total. The number of nitrogens with zero attached hydrogens (tertiary/aromatic N) is 3. The number of thioether (sulfide) groups is 1. The van der Waals surface area contributed by atoms with Crippen molar-refractivity contribution in [2.75, 3.05) is 0 Å². The van der Waals surface area contributed by atoms with Gasteiger partial charge in [-0.1, -0.05) is 60.2 Å². The van der Waals surface area contributed by atoms with Gasteiger partial charge in [-0.2, -0.15) is 5.26 Å². The largest absolute Gasteiger partial charge is 0.342 e. The van der Waals surface area contributed by atoms with E-state index >= 15 is 0 Å². The molecule has 0 aliphatic carbocycles. The Labute approximate surface area is 184 Å². The third-order valence-corrected chi connectivity index (χ3v) is 6.08. The second kappa shape index (κ2) is 8.17. The van der Waals surface area contributed by atoms with E-state index in [2.05, 4.69) is 76.2 Å². The molecule has 3 aromatic carbocycles. The number of aromatic amines is 1. The highest BCUT2D eigenvalue weighted by molar-refractivity contribution is 8.03. The van der Waals surface area contributed by atoms with Gasteiger partial charge in [0.25, 0.3) is 0 Å². The van der Waals surface area contributed by atoms with E-state index < -0.39 is 0 Å². The lowest BCUT2D eigenvalue weighted by molar-refractivity contribution is 0.836. The number of para-hydroxylation sites is 3. The van der Waals surface area contributed by atoms with Crippen LogP contribution in [0.4, 0.5) is 0 Å². The van der Waals surface area contributed by atoms with Crippen LogP contribution in [-0.2, 0) is 6.54 Å². The molecule has 1 N–H and O–H groups in total. The number of aromatic nitrogens is 3. The van der Waals surface area contributed by atoms with E-state index in [9.17, 15) is 5.26 Å². The fourth-order valence-corrected chi connectivity index (χ4v) is 4.46. The zero-order chi connectivity index (χ0) is 21.2. The Kier molecular flexibility index (Phi) is 5.07. The van der Waals surface area contributed by atoms with Crippen LogP contribution >= 0.6 is 11.8 Å². The minimum absolute atomic E-state index is 0.595. The summed E-state index contributed by atoms with van der Waals surface area (Å²) in [6, 6.07) is 27.1. The highest BCUT2D eigenvalue weighted by atomic mass is 32.2. The average molecular weight is 421 g/mol. The number of rotatable bonds is 5. The molecule has 31 heavy (non-hydrogen) atoms. The van der Waals surface area contributed by atoms with Crippen LogP contribution in [0.15, 0.2) is 89.1 Å². The van der Waals surface area contributed by atoms with E-state index in [0.717, 1.165) is 39.2 Å². The van der Waals surface area contributed by atoms with Crippen molar-refractivity contribution in [3.05, 3.63) is 101 Å². The first-order valence-electron chi connectivity index (χ1n) is 10.1. The average Bonchev–Trinajstić information content (AvgIpc) is 3.36. The first kappa shape index (κ1) is 19.2. The highest BCUT2D eigenvalue weighted by Gasteiger charge is 2.11. The van der Waals surface area contributed by atoms with E-state index in [1.54, 1.807) is 0 Å². The Morgan fingerprint density at radius 2 is 1.84 bits per heavy atom. The molecule has 0 saturated carbocycles. The number of nitrogens with one attached hydrogen (secondary N) is 1. The SMILES string of the molecule is Cc1ccc(Cn2cc(/C=C(\C#N)Sc3nc4ccccc4[nH]3)c3ccccc32)cc1. The molecule has 0 aliphatic heterocycles. The van der Waals surface area contributed by atoms with Gasteiger partial charge in [0.15, 0.2) is 5.16 Å². The van der Waals surface area contributed by atoms with Crippen molar-refractivity contribution in [3.8, 4) is 6.07 Å². The van der Waals surface area contributed by atoms with Crippen molar-refractivity contribution >= 4 is 39.8 Å². The van der Waals surface area contributed by atoms with Crippen molar-refractivity contribution < 1.29 is 0 Å². The quantitative estimate of drug-likeness (QED) is 0.260. The third-order valence-electron chi connectivity index (χ3n) is 5.26. The smallest absolute Gasteiger partial charge is 0.171 e. The lowest BCUT2D eigenvalue weighted by Gasteiger charge is -2.06. The molecule has 5 heteroatoms. The van der Waals surface area contributed by atoms with E-state index in [1.807, 2.05) is 36.4 Å². The number of fused-ring (bicyclic) bond motifs is 2. The summed E-state index contributed by atoms with van der Waals surface area (Å²) < 4.78 is 2.24. The number of imidazole rings is 1. The van der Waals surface area contributed by atoms with Crippen LogP contribution < -0.4 is 0 Å². The second-order valence-corrected chi connectivity index (χ2v) is 8.53. The fraction of sp³-hybridized carbons (Fsp3) is 0.0769. The Balaban J connectivity index is 1.50. The van der Waals surface area contributed by atoms with E-state index in [0.29, 0.717) is 4.91 Å². The van der Waals surface area contributed by atoms with Gasteiger partial charge < -0.3 is 9.55 Å². The summed E-state index contributed by atoms with van der Waals surface area (Å²) in [4.78, 5) is 8.46. The summed E-state index contributed by atoms with van der Waals surface area (Å²) in [6.45, 7) is 2.88. The molecule has 0 fully saturated rings. The molecule has 0 saturated heterocycles. The number of hydrogen-bond donors (Lipinski definition) is 1. The van der Waals surface area contributed by atoms with Gasteiger partial charge in [0.1, 0.15) is 6.07 Å². The topological polar surface area (TPSA) is 57.4 Å². The maximum absolute atomic E-state index is 9.78. The zero-order valence-corrected chi connectivity index (χ0v) is 17.9. The van der Waals surface area contributed by atoms with Crippen LogP contribution in [0.3, 0.4) is 0 Å². The first-order valence-corrected chi connectivity index (χ1v) is 10.9. The molecule has 2 heterocycles.